The van der Waals surface area contributed by atoms with Crippen LogP contribution in [0.1, 0.15) is 44.9 Å². The van der Waals surface area contributed by atoms with Crippen LogP contribution in [0.25, 0.3) is 5.69 Å². The molecule has 0 radical (unpaired) electrons. The molecule has 0 bridgehead atoms. The van der Waals surface area contributed by atoms with Crippen LogP contribution in [0, 0.1) is 0 Å². The highest BCUT2D eigenvalue weighted by molar-refractivity contribution is 5.36. The van der Waals surface area contributed by atoms with Gasteiger partial charge in [-0.3, -0.25) is 4.79 Å². The van der Waals surface area contributed by atoms with Crippen molar-refractivity contribution in [1.29, 1.82) is 0 Å². The maximum Gasteiger partial charge on any atom is 0.275 e. The zero-order valence-electron chi connectivity index (χ0n) is 13.5. The number of hydrogen-bond donors (Lipinski definition) is 2. The third kappa shape index (κ3) is 3.74. The van der Waals surface area contributed by atoms with Gasteiger partial charge in [0.15, 0.2) is 0 Å². The summed E-state index contributed by atoms with van der Waals surface area (Å²) >= 11 is 0. The van der Waals surface area contributed by atoms with Crippen LogP contribution in [-0.4, -0.2) is 20.9 Å². The molecule has 2 rings (SSSR count). The van der Waals surface area contributed by atoms with Gasteiger partial charge in [-0.25, -0.2) is 0 Å². The molecule has 5 heteroatoms. The van der Waals surface area contributed by atoms with Gasteiger partial charge < -0.3 is 10.4 Å². The molecule has 0 saturated heterocycles. The Hall–Kier alpha value is -2.14. The van der Waals surface area contributed by atoms with E-state index >= 15 is 0 Å². The third-order valence-electron chi connectivity index (χ3n) is 3.47. The summed E-state index contributed by atoms with van der Waals surface area (Å²) in [5, 5.41) is 17.3. The van der Waals surface area contributed by atoms with Crippen molar-refractivity contribution in [3.05, 3.63) is 51.9 Å². The predicted octanol–water partition coefficient (Wildman–Crippen LogP) is 2.56. The van der Waals surface area contributed by atoms with E-state index in [1.165, 1.54) is 16.3 Å². The lowest BCUT2D eigenvalue weighted by Gasteiger charge is -2.12. The van der Waals surface area contributed by atoms with Crippen molar-refractivity contribution in [2.45, 2.75) is 46.2 Å². The highest BCUT2D eigenvalue weighted by Crippen LogP contribution is 2.17. The van der Waals surface area contributed by atoms with E-state index in [1.807, 2.05) is 38.1 Å². The molecule has 0 spiro atoms. The van der Waals surface area contributed by atoms with E-state index in [9.17, 15) is 9.90 Å². The van der Waals surface area contributed by atoms with Gasteiger partial charge in [0.25, 0.3) is 5.56 Å². The van der Waals surface area contributed by atoms with Gasteiger partial charge in [0, 0.05) is 18.7 Å². The number of aromatic nitrogens is 2. The lowest BCUT2D eigenvalue weighted by molar-refractivity contribution is 0.447. The molecule has 0 amide bonds. The summed E-state index contributed by atoms with van der Waals surface area (Å²) < 4.78 is 1.32. The fraction of sp³-hybridized carbons (Fsp3) is 0.412. The summed E-state index contributed by atoms with van der Waals surface area (Å²) in [4.78, 5) is 12.1. The molecule has 0 atom stereocenters. The minimum absolute atomic E-state index is 0.0757. The molecule has 1 aromatic heterocycles. The lowest BCUT2D eigenvalue weighted by Crippen LogP contribution is -2.26. The number of nitrogens with one attached hydrogen (secondary N) is 1. The monoisotopic (exact) mass is 301 g/mol. The maximum absolute atomic E-state index is 12.1. The van der Waals surface area contributed by atoms with Gasteiger partial charge >= 0.3 is 0 Å². The van der Waals surface area contributed by atoms with E-state index in [4.69, 9.17) is 0 Å². The third-order valence-corrected chi connectivity index (χ3v) is 3.47. The number of hydrogen-bond acceptors (Lipinski definition) is 4. The summed E-state index contributed by atoms with van der Waals surface area (Å²) in [5.74, 6) is 0.359. The van der Waals surface area contributed by atoms with Crippen molar-refractivity contribution >= 4 is 0 Å². The van der Waals surface area contributed by atoms with E-state index in [2.05, 4.69) is 24.3 Å². The summed E-state index contributed by atoms with van der Waals surface area (Å²) in [5.41, 5.74) is 2.02. The highest BCUT2D eigenvalue weighted by atomic mass is 16.3. The summed E-state index contributed by atoms with van der Waals surface area (Å²) in [6.07, 6.45) is 0. The van der Waals surface area contributed by atoms with Gasteiger partial charge in [0.2, 0.25) is 0 Å². The topological polar surface area (TPSA) is 67.2 Å². The van der Waals surface area contributed by atoms with E-state index in [1.54, 1.807) is 0 Å². The molecule has 2 aromatic rings. The summed E-state index contributed by atoms with van der Waals surface area (Å²) in [6, 6.07) is 9.22. The van der Waals surface area contributed by atoms with Gasteiger partial charge in [0.05, 0.1) is 5.69 Å². The summed E-state index contributed by atoms with van der Waals surface area (Å²) in [6.45, 7) is 8.68. The molecule has 2 N–H and O–H groups in total. The Morgan fingerprint density at radius 2 is 1.82 bits per heavy atom. The van der Waals surface area contributed by atoms with Crippen LogP contribution in [0.3, 0.4) is 0 Å². The van der Waals surface area contributed by atoms with E-state index in [-0.39, 0.29) is 17.4 Å². The first kappa shape index (κ1) is 16.2. The van der Waals surface area contributed by atoms with Crippen molar-refractivity contribution in [3.8, 4) is 11.4 Å². The Kier molecular flexibility index (Phi) is 4.98. The van der Waals surface area contributed by atoms with Crippen LogP contribution in [0.5, 0.6) is 5.75 Å². The smallest absolute Gasteiger partial charge is 0.275 e. The SMILES string of the molecule is CC(C)NCc1nn(-c2ccc(C(C)C)cc2)c(=O)cc1O. The van der Waals surface area contributed by atoms with Crippen molar-refractivity contribution in [3.63, 3.8) is 0 Å². The van der Waals surface area contributed by atoms with E-state index < -0.39 is 0 Å². The van der Waals surface area contributed by atoms with Gasteiger partial charge in [-0.1, -0.05) is 39.8 Å². The zero-order valence-corrected chi connectivity index (χ0v) is 13.5. The van der Waals surface area contributed by atoms with Crippen molar-refractivity contribution in [1.82, 2.24) is 15.1 Å². The number of aromatic hydroxyl groups is 1. The second-order valence-corrected chi connectivity index (χ2v) is 6.01. The lowest BCUT2D eigenvalue weighted by atomic mass is 10.0. The van der Waals surface area contributed by atoms with Crippen LogP contribution in [0.15, 0.2) is 35.1 Å². The van der Waals surface area contributed by atoms with Crippen molar-refractivity contribution in [2.24, 2.45) is 0 Å². The average Bonchev–Trinajstić information content (AvgIpc) is 2.46. The Bertz CT molecular complexity index is 688. The predicted molar refractivity (Wildman–Crippen MR) is 87.6 cm³/mol. The molecule has 118 valence electrons. The molecular weight excluding hydrogens is 278 g/mol. The maximum atomic E-state index is 12.1. The largest absolute Gasteiger partial charge is 0.506 e. The molecule has 0 fully saturated rings. The summed E-state index contributed by atoms with van der Waals surface area (Å²) in [7, 11) is 0. The first-order valence-electron chi connectivity index (χ1n) is 7.54. The van der Waals surface area contributed by atoms with Crippen LogP contribution in [-0.2, 0) is 6.54 Å². The quantitative estimate of drug-likeness (QED) is 0.890. The second kappa shape index (κ2) is 6.75. The average molecular weight is 301 g/mol. The Morgan fingerprint density at radius 3 is 2.36 bits per heavy atom. The fourth-order valence-corrected chi connectivity index (χ4v) is 2.09. The molecule has 1 heterocycles. The number of nitrogens with zero attached hydrogens (tertiary/aromatic N) is 2. The Morgan fingerprint density at radius 1 is 1.18 bits per heavy atom. The van der Waals surface area contributed by atoms with Crippen molar-refractivity contribution < 1.29 is 5.11 Å². The number of benzene rings is 1. The van der Waals surface area contributed by atoms with Crippen LogP contribution < -0.4 is 10.9 Å². The fourth-order valence-electron chi connectivity index (χ4n) is 2.09. The minimum atomic E-state index is -0.344. The minimum Gasteiger partial charge on any atom is -0.506 e. The molecule has 0 unspecified atom stereocenters. The standard InChI is InChI=1S/C17H23N3O2/c1-11(2)13-5-7-14(8-6-13)20-17(22)9-16(21)15(19-20)10-18-12(3)4/h5-9,11-12,18,21H,10H2,1-4H3. The van der Waals surface area contributed by atoms with Gasteiger partial charge in [-0.05, 0) is 23.6 Å². The van der Waals surface area contributed by atoms with Gasteiger partial charge in [0.1, 0.15) is 11.4 Å². The zero-order chi connectivity index (χ0) is 16.3. The number of rotatable bonds is 5. The first-order chi connectivity index (χ1) is 10.4. The molecule has 1 aromatic carbocycles. The van der Waals surface area contributed by atoms with Crippen LogP contribution in [0.4, 0.5) is 0 Å². The molecule has 22 heavy (non-hydrogen) atoms. The van der Waals surface area contributed by atoms with Crippen LogP contribution in [0.2, 0.25) is 0 Å². The molecule has 5 nitrogen and oxygen atoms in total. The second-order valence-electron chi connectivity index (χ2n) is 6.01. The van der Waals surface area contributed by atoms with Gasteiger partial charge in [-0.2, -0.15) is 9.78 Å². The van der Waals surface area contributed by atoms with Crippen LogP contribution >= 0.6 is 0 Å². The molecular formula is C17H23N3O2. The normalized spacial score (nSPS) is 11.4. The van der Waals surface area contributed by atoms with E-state index in [0.29, 0.717) is 23.8 Å². The van der Waals surface area contributed by atoms with E-state index in [0.717, 1.165) is 0 Å². The molecule has 0 aliphatic rings. The molecule has 0 saturated carbocycles. The highest BCUT2D eigenvalue weighted by Gasteiger charge is 2.10. The first-order valence-corrected chi connectivity index (χ1v) is 7.54. The molecule has 0 aliphatic heterocycles. The Labute approximate surface area is 130 Å². The molecule has 0 aliphatic carbocycles. The van der Waals surface area contributed by atoms with Crippen molar-refractivity contribution in [2.75, 3.05) is 0 Å². The van der Waals surface area contributed by atoms with Gasteiger partial charge in [-0.15, -0.1) is 0 Å². The Balaban J connectivity index is 2.37.